The van der Waals surface area contributed by atoms with E-state index in [1.165, 1.54) is 7.11 Å². The molecule has 0 spiro atoms. The van der Waals surface area contributed by atoms with Gasteiger partial charge in [-0.25, -0.2) is 4.39 Å². The van der Waals surface area contributed by atoms with Crippen molar-refractivity contribution >= 4 is 38.5 Å². The van der Waals surface area contributed by atoms with Gasteiger partial charge in [0.15, 0.2) is 11.6 Å². The van der Waals surface area contributed by atoms with Gasteiger partial charge >= 0.3 is 0 Å². The summed E-state index contributed by atoms with van der Waals surface area (Å²) in [6, 6.07) is 10.9. The van der Waals surface area contributed by atoms with Gasteiger partial charge in [0.2, 0.25) is 0 Å². The zero-order valence-corrected chi connectivity index (χ0v) is 15.1. The Balaban J connectivity index is 2.33. The minimum Gasteiger partial charge on any atom is -0.494 e. The molecule has 1 atom stereocenters. The maximum Gasteiger partial charge on any atom is 0.168 e. The highest BCUT2D eigenvalue weighted by atomic mass is 127. The van der Waals surface area contributed by atoms with E-state index in [1.807, 2.05) is 18.2 Å². The number of ether oxygens (including phenoxy) is 1. The van der Waals surface area contributed by atoms with E-state index in [4.69, 9.17) is 10.6 Å². The van der Waals surface area contributed by atoms with Crippen LogP contribution in [0, 0.1) is 9.39 Å². The molecule has 21 heavy (non-hydrogen) atoms. The lowest BCUT2D eigenvalue weighted by atomic mass is 9.99. The Bertz CT molecular complexity index is 639. The van der Waals surface area contributed by atoms with Crippen molar-refractivity contribution in [3.8, 4) is 5.75 Å². The van der Waals surface area contributed by atoms with E-state index in [2.05, 4.69) is 43.9 Å². The fourth-order valence-electron chi connectivity index (χ4n) is 2.13. The van der Waals surface area contributed by atoms with Gasteiger partial charge in [0.1, 0.15) is 0 Å². The van der Waals surface area contributed by atoms with E-state index in [-0.39, 0.29) is 17.6 Å². The summed E-state index contributed by atoms with van der Waals surface area (Å²) in [5.74, 6) is 5.56. The number of benzene rings is 2. The summed E-state index contributed by atoms with van der Waals surface area (Å²) in [5, 5.41) is 0. The summed E-state index contributed by atoms with van der Waals surface area (Å²) in [4.78, 5) is 0. The lowest BCUT2D eigenvalue weighted by molar-refractivity contribution is 0.382. The molecule has 2 aromatic carbocycles. The molecule has 0 radical (unpaired) electrons. The summed E-state index contributed by atoms with van der Waals surface area (Å²) in [6.07, 6.45) is 0.429. The van der Waals surface area contributed by atoms with Crippen molar-refractivity contribution in [2.75, 3.05) is 7.11 Å². The molecule has 0 heterocycles. The van der Waals surface area contributed by atoms with E-state index in [9.17, 15) is 4.39 Å². The summed E-state index contributed by atoms with van der Waals surface area (Å²) < 4.78 is 21.3. The quantitative estimate of drug-likeness (QED) is 0.400. The van der Waals surface area contributed by atoms with E-state index in [1.54, 1.807) is 18.2 Å². The van der Waals surface area contributed by atoms with Crippen LogP contribution in [0.25, 0.3) is 0 Å². The van der Waals surface area contributed by atoms with Crippen LogP contribution in [0.3, 0.4) is 0 Å². The summed E-state index contributed by atoms with van der Waals surface area (Å²) in [5.41, 5.74) is 4.31. The Hall–Kier alpha value is -0.700. The number of nitrogens with one attached hydrogen (secondary N) is 1. The smallest absolute Gasteiger partial charge is 0.168 e. The minimum atomic E-state index is -0.345. The third-order valence-corrected chi connectivity index (χ3v) is 4.62. The number of halogens is 3. The van der Waals surface area contributed by atoms with Crippen molar-refractivity contribution in [2.24, 2.45) is 5.84 Å². The van der Waals surface area contributed by atoms with E-state index in [0.29, 0.717) is 12.0 Å². The van der Waals surface area contributed by atoms with Gasteiger partial charge in [-0.3, -0.25) is 11.3 Å². The minimum absolute atomic E-state index is 0.198. The fourth-order valence-corrected chi connectivity index (χ4v) is 3.17. The Morgan fingerprint density at radius 3 is 2.81 bits per heavy atom. The normalized spacial score (nSPS) is 12.2. The van der Waals surface area contributed by atoms with Crippen molar-refractivity contribution in [1.82, 2.24) is 5.43 Å². The molecule has 0 saturated heterocycles. The third kappa shape index (κ3) is 3.94. The van der Waals surface area contributed by atoms with Crippen LogP contribution in [-0.2, 0) is 6.42 Å². The van der Waals surface area contributed by atoms with Crippen molar-refractivity contribution < 1.29 is 9.13 Å². The first-order valence-corrected chi connectivity index (χ1v) is 8.16. The summed E-state index contributed by atoms with van der Waals surface area (Å²) in [7, 11) is 1.46. The first-order valence-electron chi connectivity index (χ1n) is 6.29. The summed E-state index contributed by atoms with van der Waals surface area (Å²) in [6.45, 7) is 0. The molecule has 0 aliphatic heterocycles. The van der Waals surface area contributed by atoms with Gasteiger partial charge in [-0.1, -0.05) is 28.1 Å². The van der Waals surface area contributed by atoms with Gasteiger partial charge in [-0.2, -0.15) is 0 Å². The molecule has 112 valence electrons. The number of hydrazine groups is 1. The summed E-state index contributed by atoms with van der Waals surface area (Å²) >= 11 is 5.75. The molecule has 0 saturated carbocycles. The average molecular weight is 465 g/mol. The van der Waals surface area contributed by atoms with Crippen LogP contribution in [-0.4, -0.2) is 7.11 Å². The molecule has 0 aromatic heterocycles. The van der Waals surface area contributed by atoms with Crippen molar-refractivity contribution in [3.05, 3.63) is 61.4 Å². The van der Waals surface area contributed by atoms with Crippen LogP contribution in [0.4, 0.5) is 4.39 Å². The van der Waals surface area contributed by atoms with Crippen LogP contribution in [0.1, 0.15) is 17.2 Å². The Labute approximate surface area is 145 Å². The number of rotatable bonds is 5. The molecule has 0 aliphatic rings. The average Bonchev–Trinajstić information content (AvgIpc) is 2.49. The van der Waals surface area contributed by atoms with Crippen LogP contribution >= 0.6 is 38.5 Å². The number of nitrogens with two attached hydrogens (primary N) is 1. The van der Waals surface area contributed by atoms with Crippen LogP contribution in [0.2, 0.25) is 0 Å². The molecule has 3 nitrogen and oxygen atoms in total. The van der Waals surface area contributed by atoms with Gasteiger partial charge in [-0.15, -0.1) is 0 Å². The second-order valence-corrected chi connectivity index (χ2v) is 6.62. The largest absolute Gasteiger partial charge is 0.494 e. The second-order valence-electron chi connectivity index (χ2n) is 4.52. The molecule has 2 aromatic rings. The molecular formula is C15H15BrFIN2O. The van der Waals surface area contributed by atoms with Crippen LogP contribution < -0.4 is 16.0 Å². The van der Waals surface area contributed by atoms with Crippen molar-refractivity contribution in [1.29, 1.82) is 0 Å². The zero-order chi connectivity index (χ0) is 15.4. The number of hydrogen-bond donors (Lipinski definition) is 2. The van der Waals surface area contributed by atoms with Crippen molar-refractivity contribution in [2.45, 2.75) is 12.5 Å². The highest BCUT2D eigenvalue weighted by molar-refractivity contribution is 14.1. The Morgan fingerprint density at radius 2 is 2.14 bits per heavy atom. The lowest BCUT2D eigenvalue weighted by Gasteiger charge is -2.19. The highest BCUT2D eigenvalue weighted by Crippen LogP contribution is 2.29. The van der Waals surface area contributed by atoms with Gasteiger partial charge in [0, 0.05) is 8.04 Å². The monoisotopic (exact) mass is 464 g/mol. The maximum atomic E-state index is 14.3. The first kappa shape index (κ1) is 16.7. The maximum absolute atomic E-state index is 14.3. The lowest BCUT2D eigenvalue weighted by Crippen LogP contribution is -2.30. The number of methoxy groups -OCH3 is 1. The molecular weight excluding hydrogens is 450 g/mol. The fraction of sp³-hybridized carbons (Fsp3) is 0.200. The van der Waals surface area contributed by atoms with Crippen LogP contribution in [0.5, 0.6) is 5.75 Å². The SMILES string of the molecule is COc1cccc(CC(NN)c2cc(I)ccc2Br)c1F. The predicted octanol–water partition coefficient (Wildman–Crippen LogP) is 3.95. The highest BCUT2D eigenvalue weighted by Gasteiger charge is 2.17. The predicted molar refractivity (Wildman–Crippen MR) is 93.6 cm³/mol. The van der Waals surface area contributed by atoms with Crippen molar-refractivity contribution in [3.63, 3.8) is 0 Å². The molecule has 0 aliphatic carbocycles. The number of hydrogen-bond acceptors (Lipinski definition) is 3. The molecule has 2 rings (SSSR count). The Morgan fingerprint density at radius 1 is 1.38 bits per heavy atom. The molecule has 6 heteroatoms. The standard InChI is InChI=1S/C15H15BrFIN2O/c1-21-14-4-2-3-9(15(14)17)7-13(20-19)11-8-10(18)5-6-12(11)16/h2-6,8,13,20H,7,19H2,1H3. The second kappa shape index (κ2) is 7.53. The van der Waals surface area contributed by atoms with E-state index >= 15 is 0 Å². The topological polar surface area (TPSA) is 47.3 Å². The molecule has 1 unspecified atom stereocenters. The Kier molecular flexibility index (Phi) is 5.98. The van der Waals surface area contributed by atoms with E-state index < -0.39 is 0 Å². The third-order valence-electron chi connectivity index (χ3n) is 3.22. The molecule has 0 bridgehead atoms. The first-order chi connectivity index (χ1) is 10.1. The van der Waals surface area contributed by atoms with Gasteiger partial charge < -0.3 is 4.74 Å². The molecule has 3 N–H and O–H groups in total. The van der Waals surface area contributed by atoms with Gasteiger partial charge in [-0.05, 0) is 64.4 Å². The molecule has 0 amide bonds. The zero-order valence-electron chi connectivity index (χ0n) is 11.4. The van der Waals surface area contributed by atoms with Crippen LogP contribution in [0.15, 0.2) is 40.9 Å². The van der Waals surface area contributed by atoms with E-state index in [0.717, 1.165) is 13.6 Å². The molecule has 0 fully saturated rings. The van der Waals surface area contributed by atoms with Gasteiger partial charge in [0.05, 0.1) is 13.2 Å². The van der Waals surface area contributed by atoms with Gasteiger partial charge in [0.25, 0.3) is 0 Å².